The van der Waals surface area contributed by atoms with E-state index in [4.69, 9.17) is 9.47 Å². The van der Waals surface area contributed by atoms with Gasteiger partial charge in [0.25, 0.3) is 0 Å². The lowest BCUT2D eigenvalue weighted by Crippen LogP contribution is -2.86. The van der Waals surface area contributed by atoms with Gasteiger partial charge in [-0.3, -0.25) is 9.59 Å². The lowest BCUT2D eigenvalue weighted by atomic mass is 9.60. The number of aliphatic hydroxyl groups is 1. The normalized spacial score (nSPS) is 21.5. The first-order valence-electron chi connectivity index (χ1n) is 10.4. The molecule has 2 fully saturated rings. The Bertz CT molecular complexity index is 925. The average molecular weight is 424 g/mol. The van der Waals surface area contributed by atoms with E-state index in [1.165, 1.54) is 14.2 Å². The van der Waals surface area contributed by atoms with E-state index in [0.29, 0.717) is 13.1 Å². The van der Waals surface area contributed by atoms with Crippen LogP contribution in [0.25, 0.3) is 11.1 Å². The molecule has 1 N–H and O–H groups in total. The first-order chi connectivity index (χ1) is 15.1. The van der Waals surface area contributed by atoms with Crippen LogP contribution in [0, 0.1) is 0 Å². The summed E-state index contributed by atoms with van der Waals surface area (Å²) in [6.45, 7) is 0.665. The van der Waals surface area contributed by atoms with Crippen molar-refractivity contribution < 1.29 is 24.2 Å². The van der Waals surface area contributed by atoms with E-state index in [1.54, 1.807) is 9.80 Å². The molecule has 7 heteroatoms. The highest BCUT2D eigenvalue weighted by molar-refractivity contribution is 5.84. The van der Waals surface area contributed by atoms with Gasteiger partial charge in [-0.15, -0.1) is 0 Å². The molecular weight excluding hydrogens is 396 g/mol. The molecule has 0 saturated carbocycles. The monoisotopic (exact) mass is 424 g/mol. The van der Waals surface area contributed by atoms with Crippen molar-refractivity contribution in [1.29, 1.82) is 0 Å². The Hall–Kier alpha value is -2.74. The number of methoxy groups -OCH3 is 2. The van der Waals surface area contributed by atoms with Crippen molar-refractivity contribution in [3.05, 3.63) is 60.2 Å². The van der Waals surface area contributed by atoms with Gasteiger partial charge in [0.05, 0.1) is 18.2 Å². The summed E-state index contributed by atoms with van der Waals surface area (Å²) in [5.74, 6) is -0.329. The number of carbonyl (C=O) groups excluding carboxylic acids is 2. The van der Waals surface area contributed by atoms with Crippen LogP contribution in [0.3, 0.4) is 0 Å². The Balaban J connectivity index is 1.62. The lowest BCUT2D eigenvalue weighted by Gasteiger charge is -2.70. The predicted octanol–water partition coefficient (Wildman–Crippen LogP) is 1.51. The van der Waals surface area contributed by atoms with E-state index < -0.39 is 5.54 Å². The van der Waals surface area contributed by atoms with Crippen molar-refractivity contribution in [2.75, 3.05) is 47.1 Å². The summed E-state index contributed by atoms with van der Waals surface area (Å²) in [6, 6.07) is 18.0. The zero-order chi connectivity index (χ0) is 22.0. The largest absolute Gasteiger partial charge is 0.394 e. The van der Waals surface area contributed by atoms with E-state index in [1.807, 2.05) is 18.2 Å². The second kappa shape index (κ2) is 8.78. The van der Waals surface area contributed by atoms with Crippen LogP contribution in [0.2, 0.25) is 0 Å². The van der Waals surface area contributed by atoms with Gasteiger partial charge in [0.1, 0.15) is 13.2 Å². The first kappa shape index (κ1) is 21.5. The molecule has 2 amide bonds. The first-order valence-corrected chi connectivity index (χ1v) is 10.4. The summed E-state index contributed by atoms with van der Waals surface area (Å²) >= 11 is 0. The Morgan fingerprint density at radius 3 is 2.10 bits per heavy atom. The van der Waals surface area contributed by atoms with Crippen molar-refractivity contribution in [3.63, 3.8) is 0 Å². The summed E-state index contributed by atoms with van der Waals surface area (Å²) in [7, 11) is 2.97. The molecule has 2 aliphatic rings. The Morgan fingerprint density at radius 1 is 0.935 bits per heavy atom. The van der Waals surface area contributed by atoms with Crippen molar-refractivity contribution in [2.24, 2.45) is 0 Å². The highest BCUT2D eigenvalue weighted by Crippen LogP contribution is 2.54. The zero-order valence-electron chi connectivity index (χ0n) is 17.9. The predicted molar refractivity (Wildman–Crippen MR) is 115 cm³/mol. The Labute approximate surface area is 182 Å². The van der Waals surface area contributed by atoms with Crippen LogP contribution in [0.1, 0.15) is 11.5 Å². The van der Waals surface area contributed by atoms with E-state index in [-0.39, 0.29) is 43.6 Å². The van der Waals surface area contributed by atoms with Gasteiger partial charge in [0.2, 0.25) is 11.8 Å². The number of carbonyl (C=O) groups is 2. The van der Waals surface area contributed by atoms with Crippen LogP contribution >= 0.6 is 0 Å². The number of hydrogen-bond donors (Lipinski definition) is 1. The number of nitrogens with zero attached hydrogens (tertiary/aromatic N) is 2. The standard InChI is InChI=1S/C24H28N2O5/c1-30-13-21(28)25-15-24(16-25)23(20(12-27)26(24)22(29)14-31-2)19-10-8-18(9-11-19)17-6-4-3-5-7-17/h3-11,20,23,27H,12-16H2,1-2H3/t20-,23+/m1/s1. The van der Waals surface area contributed by atoms with Crippen LogP contribution in [-0.2, 0) is 19.1 Å². The molecule has 0 aromatic heterocycles. The van der Waals surface area contributed by atoms with Gasteiger partial charge < -0.3 is 24.4 Å². The van der Waals surface area contributed by atoms with Crippen LogP contribution in [-0.4, -0.2) is 85.4 Å². The highest BCUT2D eigenvalue weighted by atomic mass is 16.5. The van der Waals surface area contributed by atoms with E-state index in [2.05, 4.69) is 36.4 Å². The Kier molecular flexibility index (Phi) is 6.09. The quantitative estimate of drug-likeness (QED) is 0.729. The minimum atomic E-state index is -0.527. The minimum Gasteiger partial charge on any atom is -0.394 e. The molecule has 2 aromatic carbocycles. The summed E-state index contributed by atoms with van der Waals surface area (Å²) in [5, 5.41) is 10.1. The fourth-order valence-corrected chi connectivity index (χ4v) is 5.12. The molecule has 0 aliphatic carbocycles. The summed E-state index contributed by atoms with van der Waals surface area (Å²) in [6.07, 6.45) is 0. The minimum absolute atomic E-state index is 0.0158. The van der Waals surface area contributed by atoms with Crippen molar-refractivity contribution in [2.45, 2.75) is 17.5 Å². The summed E-state index contributed by atoms with van der Waals surface area (Å²) < 4.78 is 10.0. The van der Waals surface area contributed by atoms with Gasteiger partial charge in [-0.25, -0.2) is 0 Å². The van der Waals surface area contributed by atoms with E-state index >= 15 is 0 Å². The number of ether oxygens (including phenoxy) is 2. The number of rotatable bonds is 7. The van der Waals surface area contributed by atoms with Gasteiger partial charge in [-0.05, 0) is 16.7 Å². The topological polar surface area (TPSA) is 79.3 Å². The third-order valence-electron chi connectivity index (χ3n) is 6.43. The van der Waals surface area contributed by atoms with Gasteiger partial charge >= 0.3 is 0 Å². The van der Waals surface area contributed by atoms with Gasteiger partial charge in [-0.2, -0.15) is 0 Å². The number of benzene rings is 2. The molecule has 0 radical (unpaired) electrons. The van der Waals surface area contributed by atoms with Gasteiger partial charge in [-0.1, -0.05) is 54.6 Å². The molecule has 2 heterocycles. The second-order valence-electron chi connectivity index (χ2n) is 8.20. The maximum absolute atomic E-state index is 12.8. The smallest absolute Gasteiger partial charge is 0.249 e. The number of hydrogen-bond acceptors (Lipinski definition) is 5. The van der Waals surface area contributed by atoms with Crippen molar-refractivity contribution >= 4 is 11.8 Å². The third kappa shape index (κ3) is 3.63. The van der Waals surface area contributed by atoms with Crippen LogP contribution in [0.4, 0.5) is 0 Å². The third-order valence-corrected chi connectivity index (χ3v) is 6.43. The number of amides is 2. The molecular formula is C24H28N2O5. The second-order valence-corrected chi connectivity index (χ2v) is 8.20. The zero-order valence-corrected chi connectivity index (χ0v) is 17.9. The fourth-order valence-electron chi connectivity index (χ4n) is 5.12. The van der Waals surface area contributed by atoms with Gasteiger partial charge in [0.15, 0.2) is 0 Å². The lowest BCUT2D eigenvalue weighted by molar-refractivity contribution is -0.206. The average Bonchev–Trinajstić information content (AvgIpc) is 2.74. The molecule has 7 nitrogen and oxygen atoms in total. The van der Waals surface area contributed by atoms with Crippen LogP contribution < -0.4 is 0 Å². The molecule has 2 aromatic rings. The van der Waals surface area contributed by atoms with E-state index in [0.717, 1.165) is 16.7 Å². The molecule has 0 bridgehead atoms. The number of likely N-dealkylation sites (tertiary alicyclic amines) is 2. The summed E-state index contributed by atoms with van der Waals surface area (Å²) in [4.78, 5) is 28.5. The Morgan fingerprint density at radius 2 is 1.52 bits per heavy atom. The number of aliphatic hydroxyl groups excluding tert-OH is 1. The molecule has 164 valence electrons. The molecule has 1 spiro atoms. The van der Waals surface area contributed by atoms with Crippen LogP contribution in [0.15, 0.2) is 54.6 Å². The van der Waals surface area contributed by atoms with Crippen molar-refractivity contribution in [1.82, 2.24) is 9.80 Å². The maximum atomic E-state index is 12.8. The molecule has 2 atom stereocenters. The maximum Gasteiger partial charge on any atom is 0.249 e. The SMILES string of the molecule is COCC(=O)N1CC2(C1)[C@@H](c1ccc(-c3ccccc3)cc1)[C@@H](CO)N2C(=O)COC. The fraction of sp³-hybridized carbons (Fsp3) is 0.417. The highest BCUT2D eigenvalue weighted by Gasteiger charge is 2.67. The van der Waals surface area contributed by atoms with Crippen molar-refractivity contribution in [3.8, 4) is 11.1 Å². The van der Waals surface area contributed by atoms with Gasteiger partial charge in [0, 0.05) is 33.2 Å². The molecule has 0 unspecified atom stereocenters. The molecule has 2 saturated heterocycles. The summed E-state index contributed by atoms with van der Waals surface area (Å²) in [5.41, 5.74) is 2.77. The van der Waals surface area contributed by atoms with Crippen LogP contribution in [0.5, 0.6) is 0 Å². The molecule has 4 rings (SSSR count). The molecule has 2 aliphatic heterocycles. The molecule has 31 heavy (non-hydrogen) atoms. The van der Waals surface area contributed by atoms with E-state index in [9.17, 15) is 14.7 Å².